The van der Waals surface area contributed by atoms with Crippen molar-refractivity contribution in [2.75, 3.05) is 0 Å². The van der Waals surface area contributed by atoms with Gasteiger partial charge in [-0.3, -0.25) is 4.79 Å². The number of fused-ring (bicyclic) bond motifs is 1. The first kappa shape index (κ1) is 26.4. The number of para-hydroxylation sites is 1. The Labute approximate surface area is 227 Å². The minimum atomic E-state index is -0.0341. The van der Waals surface area contributed by atoms with Crippen LogP contribution in [0, 0.1) is 5.92 Å². The Morgan fingerprint density at radius 3 is 2.28 bits per heavy atom. The highest BCUT2D eigenvalue weighted by atomic mass is 35.5. The topological polar surface area (TPSA) is 33.2 Å². The second kappa shape index (κ2) is 12.5. The third kappa shape index (κ3) is 6.18. The summed E-state index contributed by atoms with van der Waals surface area (Å²) in [5.41, 5.74) is 2.14. The molecule has 0 radical (unpaired) electrons. The Morgan fingerprint density at radius 1 is 1.00 bits per heavy atom. The number of likely N-dealkylation sites (tertiary alicyclic amines) is 1. The van der Waals surface area contributed by atoms with E-state index in [0.717, 1.165) is 51.5 Å². The van der Waals surface area contributed by atoms with E-state index in [9.17, 15) is 4.79 Å². The van der Waals surface area contributed by atoms with Gasteiger partial charge in [-0.05, 0) is 67.6 Å². The number of amides is 1. The summed E-state index contributed by atoms with van der Waals surface area (Å²) in [4.78, 5) is 20.6. The zero-order valence-corrected chi connectivity index (χ0v) is 22.6. The highest BCUT2D eigenvalue weighted by Gasteiger charge is 2.40. The third-order valence-electron chi connectivity index (χ3n) is 6.49. The number of benzene rings is 3. The predicted octanol–water partition coefficient (Wildman–Crippen LogP) is 9.30. The summed E-state index contributed by atoms with van der Waals surface area (Å²) in [6, 6.07) is 25.5. The van der Waals surface area contributed by atoms with Gasteiger partial charge in [0.05, 0.1) is 22.3 Å². The molecule has 6 heteroatoms. The molecule has 0 saturated carbocycles. The van der Waals surface area contributed by atoms with Crippen molar-refractivity contribution >= 4 is 50.7 Å². The number of thiazole rings is 1. The van der Waals surface area contributed by atoms with E-state index in [1.54, 1.807) is 11.3 Å². The summed E-state index contributed by atoms with van der Waals surface area (Å²) in [5.74, 6) is 0.210. The van der Waals surface area contributed by atoms with E-state index < -0.39 is 0 Å². The molecule has 36 heavy (non-hydrogen) atoms. The largest absolute Gasteiger partial charge is 0.326 e. The van der Waals surface area contributed by atoms with Crippen molar-refractivity contribution in [2.24, 2.45) is 5.92 Å². The van der Waals surface area contributed by atoms with Gasteiger partial charge in [-0.1, -0.05) is 78.7 Å². The van der Waals surface area contributed by atoms with E-state index >= 15 is 0 Å². The number of piperidine rings is 1. The monoisotopic (exact) mass is 536 g/mol. The van der Waals surface area contributed by atoms with Gasteiger partial charge < -0.3 is 4.90 Å². The summed E-state index contributed by atoms with van der Waals surface area (Å²) in [6.45, 7) is 6.00. The quantitative estimate of drug-likeness (QED) is 0.230. The van der Waals surface area contributed by atoms with Crippen molar-refractivity contribution < 1.29 is 4.79 Å². The number of halogens is 2. The number of aromatic nitrogens is 1. The van der Waals surface area contributed by atoms with Crippen LogP contribution < -0.4 is 0 Å². The number of allylic oxidation sites excluding steroid dienone is 1. The zero-order chi connectivity index (χ0) is 25.5. The van der Waals surface area contributed by atoms with E-state index in [-0.39, 0.29) is 23.9 Å². The standard InChI is InChI=1S/C24H25ClN2OS.C6H5Cl/c1-3-7-17-12-15-21(16-10-13-18(25)14-11-16)27(24(17)28)20(4-2)23-26-19-8-5-6-9-22(19)29-23;7-6-4-2-1-3-5-6/h3,5-6,8-11,13-14,17,20-21H,1,4,7,12,15H2,2H3;1-5H. The van der Waals surface area contributed by atoms with Gasteiger partial charge in [0, 0.05) is 16.0 Å². The normalized spacial score (nSPS) is 18.4. The molecule has 0 bridgehead atoms. The first-order valence-electron chi connectivity index (χ1n) is 12.3. The Morgan fingerprint density at radius 2 is 1.67 bits per heavy atom. The lowest BCUT2D eigenvalue weighted by Crippen LogP contribution is -2.45. The summed E-state index contributed by atoms with van der Waals surface area (Å²) >= 11 is 13.3. The maximum absolute atomic E-state index is 13.6. The zero-order valence-electron chi connectivity index (χ0n) is 20.3. The first-order valence-corrected chi connectivity index (χ1v) is 13.8. The second-order valence-electron chi connectivity index (χ2n) is 8.85. The molecule has 4 aromatic rings. The lowest BCUT2D eigenvalue weighted by atomic mass is 9.85. The number of hydrogen-bond donors (Lipinski definition) is 0. The minimum absolute atomic E-state index is 0.000483. The van der Waals surface area contributed by atoms with Crippen molar-refractivity contribution in [3.05, 3.63) is 112 Å². The lowest BCUT2D eigenvalue weighted by Gasteiger charge is -2.43. The molecule has 3 nitrogen and oxygen atoms in total. The Kier molecular flexibility index (Phi) is 9.19. The van der Waals surface area contributed by atoms with Gasteiger partial charge in [0.2, 0.25) is 5.91 Å². The van der Waals surface area contributed by atoms with Gasteiger partial charge in [0.25, 0.3) is 0 Å². The number of rotatable bonds is 6. The second-order valence-corrected chi connectivity index (χ2v) is 10.8. The average molecular weight is 538 g/mol. The number of hydrogen-bond acceptors (Lipinski definition) is 3. The molecular formula is C30H30Cl2N2OS. The fourth-order valence-electron chi connectivity index (χ4n) is 4.73. The van der Waals surface area contributed by atoms with Gasteiger partial charge in [-0.2, -0.15) is 0 Å². The van der Waals surface area contributed by atoms with E-state index in [0.29, 0.717) is 5.02 Å². The summed E-state index contributed by atoms with van der Waals surface area (Å²) in [7, 11) is 0. The Bertz CT molecular complexity index is 1260. The highest BCUT2D eigenvalue weighted by molar-refractivity contribution is 7.18. The molecule has 5 rings (SSSR count). The van der Waals surface area contributed by atoms with Gasteiger partial charge in [0.15, 0.2) is 0 Å². The van der Waals surface area contributed by atoms with Crippen LogP contribution in [0.1, 0.15) is 55.3 Å². The first-order chi connectivity index (χ1) is 17.5. The van der Waals surface area contributed by atoms with Crippen LogP contribution in [0.5, 0.6) is 0 Å². The van der Waals surface area contributed by atoms with Gasteiger partial charge in [-0.25, -0.2) is 4.98 Å². The molecule has 0 N–H and O–H groups in total. The van der Waals surface area contributed by atoms with Crippen LogP contribution in [0.3, 0.4) is 0 Å². The van der Waals surface area contributed by atoms with Crippen LogP contribution in [-0.4, -0.2) is 15.8 Å². The SMILES string of the molecule is C=CCC1CCC(c2ccc(Cl)cc2)N(C(CC)c2nc3ccccc3s2)C1=O.Clc1ccccc1. The van der Waals surface area contributed by atoms with Crippen LogP contribution in [-0.2, 0) is 4.79 Å². The summed E-state index contributed by atoms with van der Waals surface area (Å²) < 4.78 is 1.16. The third-order valence-corrected chi connectivity index (χ3v) is 8.13. The maximum Gasteiger partial charge on any atom is 0.227 e. The van der Waals surface area contributed by atoms with Crippen molar-refractivity contribution in [1.82, 2.24) is 9.88 Å². The molecule has 1 saturated heterocycles. The highest BCUT2D eigenvalue weighted by Crippen LogP contribution is 2.43. The molecule has 1 aromatic heterocycles. The lowest BCUT2D eigenvalue weighted by molar-refractivity contribution is -0.145. The Balaban J connectivity index is 0.000000375. The van der Waals surface area contributed by atoms with Crippen molar-refractivity contribution in [3.8, 4) is 0 Å². The van der Waals surface area contributed by atoms with E-state index in [4.69, 9.17) is 28.2 Å². The average Bonchev–Trinajstić information content (AvgIpc) is 3.32. The van der Waals surface area contributed by atoms with Gasteiger partial charge in [-0.15, -0.1) is 17.9 Å². The smallest absolute Gasteiger partial charge is 0.227 e. The molecule has 2 heterocycles. The molecule has 3 aromatic carbocycles. The molecule has 3 unspecified atom stereocenters. The van der Waals surface area contributed by atoms with Crippen LogP contribution in [0.4, 0.5) is 0 Å². The molecule has 1 fully saturated rings. The number of carbonyl (C=O) groups excluding carboxylic acids is 1. The fraction of sp³-hybridized carbons (Fsp3) is 0.267. The summed E-state index contributed by atoms with van der Waals surface area (Å²) in [6.07, 6.45) is 5.23. The van der Waals surface area contributed by atoms with E-state index in [1.165, 1.54) is 0 Å². The molecule has 3 atom stereocenters. The molecule has 186 valence electrons. The predicted molar refractivity (Wildman–Crippen MR) is 153 cm³/mol. The molecular weight excluding hydrogens is 507 g/mol. The number of carbonyl (C=O) groups is 1. The Hall–Kier alpha value is -2.66. The molecule has 0 aliphatic carbocycles. The number of nitrogens with zero attached hydrogens (tertiary/aromatic N) is 2. The van der Waals surface area contributed by atoms with Crippen molar-refractivity contribution in [1.29, 1.82) is 0 Å². The van der Waals surface area contributed by atoms with Crippen LogP contribution in [0.2, 0.25) is 10.0 Å². The van der Waals surface area contributed by atoms with Crippen LogP contribution in [0.25, 0.3) is 10.2 Å². The maximum atomic E-state index is 13.6. The minimum Gasteiger partial charge on any atom is -0.326 e. The molecule has 1 aliphatic heterocycles. The van der Waals surface area contributed by atoms with Gasteiger partial charge in [0.1, 0.15) is 5.01 Å². The van der Waals surface area contributed by atoms with E-state index in [2.05, 4.69) is 24.5 Å². The van der Waals surface area contributed by atoms with Crippen molar-refractivity contribution in [3.63, 3.8) is 0 Å². The van der Waals surface area contributed by atoms with Crippen LogP contribution >= 0.6 is 34.5 Å². The molecule has 0 spiro atoms. The molecule has 1 amide bonds. The van der Waals surface area contributed by atoms with Crippen LogP contribution in [0.15, 0.2) is 91.5 Å². The van der Waals surface area contributed by atoms with Crippen molar-refractivity contribution in [2.45, 2.75) is 44.7 Å². The van der Waals surface area contributed by atoms with Gasteiger partial charge >= 0.3 is 0 Å². The van der Waals surface area contributed by atoms with E-state index in [1.807, 2.05) is 78.9 Å². The summed E-state index contributed by atoms with van der Waals surface area (Å²) in [5, 5.41) is 2.52. The molecule has 1 aliphatic rings. The fourth-order valence-corrected chi connectivity index (χ4v) is 6.15.